The van der Waals surface area contributed by atoms with Gasteiger partial charge in [-0.2, -0.15) is 9.28 Å². The lowest BCUT2D eigenvalue weighted by atomic mass is 10.1. The van der Waals surface area contributed by atoms with Crippen molar-refractivity contribution in [3.63, 3.8) is 0 Å². The zero-order valence-electron chi connectivity index (χ0n) is 19.4. The van der Waals surface area contributed by atoms with E-state index in [-0.39, 0.29) is 12.6 Å². The second-order valence-electron chi connectivity index (χ2n) is 8.62. The molecule has 8 nitrogen and oxygen atoms in total. The maximum Gasteiger partial charge on any atom is 0.534 e. The number of rotatable bonds is 9. The lowest BCUT2D eigenvalue weighted by Gasteiger charge is -2.30. The van der Waals surface area contributed by atoms with Gasteiger partial charge in [-0.05, 0) is 42.5 Å². The highest BCUT2D eigenvalue weighted by Gasteiger charge is 2.56. The Hall–Kier alpha value is -2.93. The van der Waals surface area contributed by atoms with Gasteiger partial charge >= 0.3 is 20.0 Å². The van der Waals surface area contributed by atoms with Crippen molar-refractivity contribution in [1.29, 1.82) is 0 Å². The van der Waals surface area contributed by atoms with Crippen molar-refractivity contribution in [2.24, 2.45) is 0 Å². The van der Waals surface area contributed by atoms with E-state index in [0.717, 1.165) is 5.56 Å². The van der Waals surface area contributed by atoms with Gasteiger partial charge in [-0.15, -0.1) is 4.52 Å². The lowest BCUT2D eigenvalue weighted by Crippen LogP contribution is -2.61. The zero-order valence-corrected chi connectivity index (χ0v) is 20.3. The average Bonchev–Trinajstić information content (AvgIpc) is 3.24. The minimum atomic E-state index is -2.51. The molecule has 2 aromatic rings. The third-order valence-electron chi connectivity index (χ3n) is 6.37. The van der Waals surface area contributed by atoms with Gasteiger partial charge in [0, 0.05) is 24.8 Å². The van der Waals surface area contributed by atoms with Crippen LogP contribution in [0.2, 0.25) is 0 Å². The van der Waals surface area contributed by atoms with Crippen LogP contribution in [0.3, 0.4) is 0 Å². The summed E-state index contributed by atoms with van der Waals surface area (Å²) in [6.07, 6.45) is -0.325. The first-order valence-corrected chi connectivity index (χ1v) is 12.7. The molecule has 0 saturated carbocycles. The first-order chi connectivity index (χ1) is 16.3. The van der Waals surface area contributed by atoms with Crippen LogP contribution in [0.1, 0.15) is 49.0 Å². The fourth-order valence-corrected chi connectivity index (χ4v) is 5.50. The third-order valence-corrected chi connectivity index (χ3v) is 7.79. The van der Waals surface area contributed by atoms with E-state index in [4.69, 9.17) is 4.52 Å². The molecule has 180 valence electrons. The number of aryl methyl sites for hydroxylation is 1. The summed E-state index contributed by atoms with van der Waals surface area (Å²) in [5.74, 6) is -1.88. The molecule has 2 N–H and O–H groups in total. The van der Waals surface area contributed by atoms with Gasteiger partial charge in [-0.3, -0.25) is 4.79 Å². The van der Waals surface area contributed by atoms with Gasteiger partial charge in [0.05, 0.1) is 6.54 Å². The Morgan fingerprint density at radius 2 is 1.74 bits per heavy atom. The van der Waals surface area contributed by atoms with Crippen LogP contribution in [0.25, 0.3) is 0 Å². The second-order valence-corrected chi connectivity index (χ2v) is 10.0. The Bertz CT molecular complexity index is 1030. The standard InChI is InChI=1S/C25H29N2O6P/c1-18-10-9-17-27(18,25(30)31)24(29)19(2)33-34(32)22(16-15-20-11-5-3-6-12-20)26-23(28)21-13-7-4-8-14-21/h3-8,11-14,18-19,22H,9-10,15-17H2,1-2H3/p+2/t18-,19?,22+,27?/m1/s1. The highest BCUT2D eigenvalue weighted by atomic mass is 31.1. The van der Waals surface area contributed by atoms with Gasteiger partial charge in [0.15, 0.2) is 0 Å². The van der Waals surface area contributed by atoms with Crippen LogP contribution in [0.5, 0.6) is 0 Å². The van der Waals surface area contributed by atoms with Gasteiger partial charge in [-0.1, -0.05) is 48.5 Å². The van der Waals surface area contributed by atoms with Crippen LogP contribution >= 0.6 is 8.03 Å². The molecule has 0 radical (unpaired) electrons. The number of imide groups is 1. The van der Waals surface area contributed by atoms with E-state index in [1.54, 1.807) is 37.3 Å². The Morgan fingerprint density at radius 3 is 2.29 bits per heavy atom. The topological polar surface area (TPSA) is 110 Å². The summed E-state index contributed by atoms with van der Waals surface area (Å²) in [4.78, 5) is 37.9. The van der Waals surface area contributed by atoms with Crippen molar-refractivity contribution < 1.29 is 33.1 Å². The zero-order chi connectivity index (χ0) is 24.7. The molecule has 0 spiro atoms. The van der Waals surface area contributed by atoms with Crippen LogP contribution in [0.15, 0.2) is 60.7 Å². The number of carbonyl (C=O) groups is 3. The molecule has 0 aromatic heterocycles. The number of nitrogens with zero attached hydrogens (tertiary/aromatic N) is 1. The quantitative estimate of drug-likeness (QED) is 0.392. The number of quaternary nitrogens is 1. The summed E-state index contributed by atoms with van der Waals surface area (Å²) in [5, 5.41) is 12.6. The predicted octanol–water partition coefficient (Wildman–Crippen LogP) is 4.73. The number of amides is 3. The summed E-state index contributed by atoms with van der Waals surface area (Å²) in [5.41, 5.74) is 1.43. The number of benzene rings is 2. The summed E-state index contributed by atoms with van der Waals surface area (Å²) < 4.78 is 18.1. The van der Waals surface area contributed by atoms with Crippen LogP contribution in [-0.2, 0) is 20.3 Å². The van der Waals surface area contributed by atoms with Crippen LogP contribution < -0.4 is 5.32 Å². The van der Waals surface area contributed by atoms with Crippen molar-refractivity contribution in [2.45, 2.75) is 57.5 Å². The number of hydrogen-bond donors (Lipinski definition) is 2. The van der Waals surface area contributed by atoms with E-state index >= 15 is 0 Å². The number of carboxylic acid groups (broad SMARTS) is 1. The molecule has 1 saturated heterocycles. The van der Waals surface area contributed by atoms with E-state index in [0.29, 0.717) is 31.2 Å². The number of nitrogens with one attached hydrogen (secondary N) is 1. The molecule has 1 aliphatic heterocycles. The highest BCUT2D eigenvalue weighted by molar-refractivity contribution is 7.40. The van der Waals surface area contributed by atoms with Gasteiger partial charge in [0.1, 0.15) is 6.04 Å². The molecule has 0 aliphatic carbocycles. The monoisotopic (exact) mass is 486 g/mol. The van der Waals surface area contributed by atoms with E-state index in [1.807, 2.05) is 30.3 Å². The molecular weight excluding hydrogens is 455 g/mol. The molecule has 1 aliphatic rings. The lowest BCUT2D eigenvalue weighted by molar-refractivity contribution is -0.793. The minimum absolute atomic E-state index is 0.183. The molecule has 3 rings (SSSR count). The summed E-state index contributed by atoms with van der Waals surface area (Å²) >= 11 is 0. The Kier molecular flexibility index (Phi) is 8.67. The van der Waals surface area contributed by atoms with Crippen LogP contribution in [-0.4, -0.2) is 52.0 Å². The van der Waals surface area contributed by atoms with Crippen molar-refractivity contribution in [1.82, 2.24) is 5.32 Å². The molecule has 5 atom stereocenters. The number of likely N-dealkylation sites (tertiary alicyclic amines) is 1. The summed E-state index contributed by atoms with van der Waals surface area (Å²) in [6.45, 7) is 3.34. The Labute approximate surface area is 200 Å². The van der Waals surface area contributed by atoms with Crippen LogP contribution in [0.4, 0.5) is 4.79 Å². The van der Waals surface area contributed by atoms with Crippen molar-refractivity contribution in [3.05, 3.63) is 71.8 Å². The minimum Gasteiger partial charge on any atom is -0.435 e. The third kappa shape index (κ3) is 5.76. The van der Waals surface area contributed by atoms with E-state index < -0.39 is 42.3 Å². The first-order valence-electron chi connectivity index (χ1n) is 11.4. The van der Waals surface area contributed by atoms with Gasteiger partial charge in [0.2, 0.25) is 6.10 Å². The fourth-order valence-electron chi connectivity index (χ4n) is 4.38. The molecule has 34 heavy (non-hydrogen) atoms. The molecule has 3 unspecified atom stereocenters. The average molecular weight is 487 g/mol. The maximum absolute atomic E-state index is 13.2. The van der Waals surface area contributed by atoms with Crippen molar-refractivity contribution in [2.75, 3.05) is 6.54 Å². The van der Waals surface area contributed by atoms with E-state index in [2.05, 4.69) is 5.32 Å². The summed E-state index contributed by atoms with van der Waals surface area (Å²) in [6, 6.07) is 17.7. The Balaban J connectivity index is 1.74. The highest BCUT2D eigenvalue weighted by Crippen LogP contribution is 2.36. The fraction of sp³-hybridized carbons (Fsp3) is 0.400. The largest absolute Gasteiger partial charge is 0.534 e. The SMILES string of the molecule is CC(O[P+](=O)[C@@H](CCc1ccccc1)NC(=O)c1ccccc1)C(=O)[N+]1(C(=O)O)CCC[C@H]1C. The van der Waals surface area contributed by atoms with Crippen molar-refractivity contribution in [3.8, 4) is 0 Å². The number of hydrogen-bond acceptors (Lipinski definition) is 5. The molecule has 1 fully saturated rings. The molecule has 9 heteroatoms. The van der Waals surface area contributed by atoms with Crippen LogP contribution in [0, 0.1) is 0 Å². The maximum atomic E-state index is 13.2. The van der Waals surface area contributed by atoms with E-state index in [9.17, 15) is 24.1 Å². The predicted molar refractivity (Wildman–Crippen MR) is 127 cm³/mol. The second kappa shape index (κ2) is 11.5. The van der Waals surface area contributed by atoms with Gasteiger partial charge < -0.3 is 10.4 Å². The number of carbonyl (C=O) groups excluding carboxylic acids is 2. The van der Waals surface area contributed by atoms with E-state index in [1.165, 1.54) is 6.92 Å². The molecule has 0 bridgehead atoms. The Morgan fingerprint density at radius 1 is 1.12 bits per heavy atom. The van der Waals surface area contributed by atoms with Gasteiger partial charge in [-0.25, -0.2) is 4.79 Å². The molecule has 3 amide bonds. The normalized spacial score (nSPS) is 21.9. The smallest absolute Gasteiger partial charge is 0.435 e. The molecular formula is C25H31N2O6P+2. The van der Waals surface area contributed by atoms with Crippen molar-refractivity contribution >= 4 is 25.9 Å². The van der Waals surface area contributed by atoms with Gasteiger partial charge in [0.25, 0.3) is 11.7 Å². The summed E-state index contributed by atoms with van der Waals surface area (Å²) in [7, 11) is -2.51. The molecule has 1 heterocycles. The first kappa shape index (κ1) is 25.7. The molecule has 2 aromatic carbocycles.